The third-order valence-electron chi connectivity index (χ3n) is 4.42. The molecule has 0 aliphatic heterocycles. The summed E-state index contributed by atoms with van der Waals surface area (Å²) < 4.78 is 10.5. The number of ether oxygens (including phenoxy) is 1. The summed E-state index contributed by atoms with van der Waals surface area (Å²) in [6.07, 6.45) is 3.09. The molecule has 0 fully saturated rings. The van der Waals surface area contributed by atoms with Gasteiger partial charge >= 0.3 is 0 Å². The van der Waals surface area contributed by atoms with Crippen LogP contribution in [0.4, 0.5) is 0 Å². The van der Waals surface area contributed by atoms with Gasteiger partial charge in [-0.3, -0.25) is 4.79 Å². The highest BCUT2D eigenvalue weighted by molar-refractivity contribution is 5.76. The molecule has 3 rings (SSSR count). The topological polar surface area (TPSA) is 117 Å². The van der Waals surface area contributed by atoms with E-state index >= 15 is 0 Å². The summed E-state index contributed by atoms with van der Waals surface area (Å²) in [6, 6.07) is 7.42. The standard InChI is InChI=1S/C20H25N5O4/c1-14-21-12-16(22-14)13-25(9-10-26)19(27)8-4-7-18-23-20(24-29-18)15-5-3-6-17(11-15)28-2/h3,5-6,11-12,26H,4,7-10,13H2,1-2H3,(H,21,22). The van der Waals surface area contributed by atoms with Gasteiger partial charge in [0.1, 0.15) is 11.6 Å². The van der Waals surface area contributed by atoms with Crippen molar-refractivity contribution >= 4 is 5.91 Å². The van der Waals surface area contributed by atoms with Gasteiger partial charge in [0.15, 0.2) is 0 Å². The summed E-state index contributed by atoms with van der Waals surface area (Å²) in [5.41, 5.74) is 1.64. The lowest BCUT2D eigenvalue weighted by Gasteiger charge is -2.20. The fourth-order valence-electron chi connectivity index (χ4n) is 2.96. The zero-order chi connectivity index (χ0) is 20.6. The van der Waals surface area contributed by atoms with E-state index in [0.717, 1.165) is 22.8 Å². The maximum absolute atomic E-state index is 12.5. The van der Waals surface area contributed by atoms with Gasteiger partial charge in [-0.2, -0.15) is 4.98 Å². The number of aromatic nitrogens is 4. The van der Waals surface area contributed by atoms with E-state index in [4.69, 9.17) is 9.26 Å². The number of aromatic amines is 1. The second kappa shape index (κ2) is 9.83. The minimum atomic E-state index is -0.0909. The number of rotatable bonds is 10. The Balaban J connectivity index is 1.53. The van der Waals surface area contributed by atoms with Crippen LogP contribution in [0.5, 0.6) is 5.75 Å². The van der Waals surface area contributed by atoms with Crippen molar-refractivity contribution in [1.29, 1.82) is 0 Å². The van der Waals surface area contributed by atoms with Gasteiger partial charge in [-0.05, 0) is 25.5 Å². The first-order chi connectivity index (χ1) is 14.1. The highest BCUT2D eigenvalue weighted by Gasteiger charge is 2.16. The van der Waals surface area contributed by atoms with Crippen LogP contribution in [0.25, 0.3) is 11.4 Å². The highest BCUT2D eigenvalue weighted by Crippen LogP contribution is 2.21. The Bertz CT molecular complexity index is 936. The zero-order valence-corrected chi connectivity index (χ0v) is 16.6. The second-order valence-corrected chi connectivity index (χ2v) is 6.63. The molecule has 29 heavy (non-hydrogen) atoms. The Morgan fingerprint density at radius 3 is 2.97 bits per heavy atom. The molecule has 0 atom stereocenters. The number of nitrogens with zero attached hydrogens (tertiary/aromatic N) is 4. The van der Waals surface area contributed by atoms with Crippen LogP contribution < -0.4 is 4.74 Å². The lowest BCUT2D eigenvalue weighted by molar-refractivity contribution is -0.132. The van der Waals surface area contributed by atoms with Crippen molar-refractivity contribution in [3.05, 3.63) is 47.9 Å². The van der Waals surface area contributed by atoms with E-state index in [9.17, 15) is 9.90 Å². The van der Waals surface area contributed by atoms with E-state index in [1.54, 1.807) is 18.2 Å². The molecule has 0 radical (unpaired) electrons. The van der Waals surface area contributed by atoms with Crippen LogP contribution >= 0.6 is 0 Å². The van der Waals surface area contributed by atoms with Gasteiger partial charge in [-0.1, -0.05) is 17.3 Å². The summed E-state index contributed by atoms with van der Waals surface area (Å²) in [4.78, 5) is 25.8. The average molecular weight is 399 g/mol. The fraction of sp³-hybridized carbons (Fsp3) is 0.400. The molecule has 0 saturated carbocycles. The Morgan fingerprint density at radius 2 is 2.24 bits per heavy atom. The van der Waals surface area contributed by atoms with Crippen LogP contribution in [0.2, 0.25) is 0 Å². The van der Waals surface area contributed by atoms with Crippen LogP contribution in [0.15, 0.2) is 35.0 Å². The van der Waals surface area contributed by atoms with E-state index in [2.05, 4.69) is 20.1 Å². The van der Waals surface area contributed by atoms with Gasteiger partial charge < -0.3 is 24.3 Å². The lowest BCUT2D eigenvalue weighted by atomic mass is 10.2. The number of hydrogen-bond donors (Lipinski definition) is 2. The summed E-state index contributed by atoms with van der Waals surface area (Å²) in [7, 11) is 1.60. The van der Waals surface area contributed by atoms with E-state index in [1.807, 2.05) is 31.2 Å². The summed E-state index contributed by atoms with van der Waals surface area (Å²) in [5, 5.41) is 13.3. The average Bonchev–Trinajstić information content (AvgIpc) is 3.36. The van der Waals surface area contributed by atoms with Crippen molar-refractivity contribution in [2.75, 3.05) is 20.3 Å². The van der Waals surface area contributed by atoms with Crippen molar-refractivity contribution in [3.63, 3.8) is 0 Å². The minimum Gasteiger partial charge on any atom is -0.497 e. The molecule has 0 spiro atoms. The van der Waals surface area contributed by atoms with Gasteiger partial charge in [0.25, 0.3) is 0 Å². The van der Waals surface area contributed by atoms with Crippen molar-refractivity contribution in [2.45, 2.75) is 32.7 Å². The number of hydrogen-bond acceptors (Lipinski definition) is 7. The number of aliphatic hydroxyl groups excluding tert-OH is 1. The third kappa shape index (κ3) is 5.64. The molecule has 154 valence electrons. The molecular formula is C20H25N5O4. The van der Waals surface area contributed by atoms with Crippen LogP contribution in [-0.4, -0.2) is 56.3 Å². The number of imidazole rings is 1. The molecule has 3 aromatic rings. The monoisotopic (exact) mass is 399 g/mol. The first-order valence-electron chi connectivity index (χ1n) is 9.45. The van der Waals surface area contributed by atoms with Crippen LogP contribution in [0.3, 0.4) is 0 Å². The smallest absolute Gasteiger partial charge is 0.226 e. The molecule has 1 aromatic carbocycles. The highest BCUT2D eigenvalue weighted by atomic mass is 16.5. The molecule has 0 saturated heterocycles. The SMILES string of the molecule is COc1cccc(-c2noc(CCCC(=O)N(CCO)Cc3cnc(C)[nH]3)n2)c1. The zero-order valence-electron chi connectivity index (χ0n) is 16.6. The fourth-order valence-corrected chi connectivity index (χ4v) is 2.96. The lowest BCUT2D eigenvalue weighted by Crippen LogP contribution is -2.33. The number of amides is 1. The van der Waals surface area contributed by atoms with E-state index in [1.165, 1.54) is 0 Å². The maximum atomic E-state index is 12.5. The first kappa shape index (κ1) is 20.5. The molecule has 9 nitrogen and oxygen atoms in total. The quantitative estimate of drug-likeness (QED) is 0.536. The second-order valence-electron chi connectivity index (χ2n) is 6.63. The van der Waals surface area contributed by atoms with E-state index in [-0.39, 0.29) is 19.1 Å². The molecule has 0 aliphatic carbocycles. The van der Waals surface area contributed by atoms with E-state index in [0.29, 0.717) is 37.5 Å². The predicted molar refractivity (Wildman–Crippen MR) is 105 cm³/mol. The van der Waals surface area contributed by atoms with Gasteiger partial charge in [-0.15, -0.1) is 0 Å². The number of carbonyl (C=O) groups is 1. The molecule has 2 heterocycles. The Labute approximate surface area is 168 Å². The number of aryl methyl sites for hydroxylation is 2. The molecular weight excluding hydrogens is 374 g/mol. The van der Waals surface area contributed by atoms with Crippen molar-refractivity contribution in [2.24, 2.45) is 0 Å². The normalized spacial score (nSPS) is 10.9. The molecule has 1 amide bonds. The molecule has 0 unspecified atom stereocenters. The molecule has 9 heteroatoms. The van der Waals surface area contributed by atoms with Crippen molar-refractivity contribution in [3.8, 4) is 17.1 Å². The number of aliphatic hydroxyl groups is 1. The minimum absolute atomic E-state index is 0.0427. The molecule has 2 N–H and O–H groups in total. The predicted octanol–water partition coefficient (Wildman–Crippen LogP) is 2.12. The third-order valence-corrected chi connectivity index (χ3v) is 4.42. The molecule has 2 aromatic heterocycles. The largest absolute Gasteiger partial charge is 0.497 e. The number of H-pyrrole nitrogens is 1. The van der Waals surface area contributed by atoms with Crippen molar-refractivity contribution < 1.29 is 19.2 Å². The van der Waals surface area contributed by atoms with Crippen LogP contribution in [0, 0.1) is 6.92 Å². The van der Waals surface area contributed by atoms with Crippen molar-refractivity contribution in [1.82, 2.24) is 25.0 Å². The van der Waals surface area contributed by atoms with Crippen LogP contribution in [0.1, 0.15) is 30.3 Å². The van der Waals surface area contributed by atoms with E-state index < -0.39 is 0 Å². The molecule has 0 aliphatic rings. The first-order valence-corrected chi connectivity index (χ1v) is 9.45. The van der Waals surface area contributed by atoms with Gasteiger partial charge in [-0.25, -0.2) is 4.98 Å². The number of benzene rings is 1. The molecule has 0 bridgehead atoms. The van der Waals surface area contributed by atoms with Crippen LogP contribution in [-0.2, 0) is 17.8 Å². The number of nitrogens with one attached hydrogen (secondary N) is 1. The van der Waals surface area contributed by atoms with Gasteiger partial charge in [0.2, 0.25) is 17.6 Å². The van der Waals surface area contributed by atoms with Gasteiger partial charge in [0.05, 0.1) is 32.2 Å². The number of carbonyl (C=O) groups excluding carboxylic acids is 1. The Morgan fingerprint density at radius 1 is 1.38 bits per heavy atom. The maximum Gasteiger partial charge on any atom is 0.226 e. The Hall–Kier alpha value is -3.20. The number of methoxy groups -OCH3 is 1. The summed E-state index contributed by atoms with van der Waals surface area (Å²) >= 11 is 0. The van der Waals surface area contributed by atoms with Gasteiger partial charge in [0, 0.05) is 24.9 Å². The summed E-state index contributed by atoms with van der Waals surface area (Å²) in [5.74, 6) is 2.43. The summed E-state index contributed by atoms with van der Waals surface area (Å²) in [6.45, 7) is 2.43. The Kier molecular flexibility index (Phi) is 6.96.